The highest BCUT2D eigenvalue weighted by molar-refractivity contribution is 5.72. The van der Waals surface area contributed by atoms with E-state index in [9.17, 15) is 13.6 Å². The van der Waals surface area contributed by atoms with Crippen LogP contribution in [0.4, 0.5) is 8.78 Å². The second kappa shape index (κ2) is 3.15. The zero-order valence-corrected chi connectivity index (χ0v) is 6.22. The van der Waals surface area contributed by atoms with Crippen LogP contribution in [0.25, 0.3) is 0 Å². The van der Waals surface area contributed by atoms with Crippen LogP contribution < -0.4 is 0 Å². The van der Waals surface area contributed by atoms with Gasteiger partial charge in [0.05, 0.1) is 13.0 Å². The molecule has 1 fully saturated rings. The van der Waals surface area contributed by atoms with Gasteiger partial charge in [0.2, 0.25) is 0 Å². The van der Waals surface area contributed by atoms with E-state index in [4.69, 9.17) is 0 Å². The van der Waals surface area contributed by atoms with Crippen LogP contribution >= 0.6 is 0 Å². The van der Waals surface area contributed by atoms with Gasteiger partial charge in [-0.1, -0.05) is 0 Å². The summed E-state index contributed by atoms with van der Waals surface area (Å²) < 4.78 is 29.3. The molecule has 64 valence electrons. The second-order valence-electron chi connectivity index (χ2n) is 2.72. The van der Waals surface area contributed by atoms with Gasteiger partial charge in [-0.25, -0.2) is 8.78 Å². The molecule has 0 heterocycles. The molecular formula is C7H10F2O2. The average molecular weight is 164 g/mol. The lowest BCUT2D eigenvalue weighted by molar-refractivity contribution is -0.145. The standard InChI is InChI=1S/C7H10F2O2/c1-11-7(10)4-2-5(8)6(9)3-4/h4-6H,2-3H2,1H3/t4?,5-,6+. The van der Waals surface area contributed by atoms with Gasteiger partial charge in [-0.2, -0.15) is 0 Å². The molecule has 0 N–H and O–H groups in total. The maximum atomic E-state index is 12.5. The Balaban J connectivity index is 2.46. The van der Waals surface area contributed by atoms with Crippen LogP contribution in [0, 0.1) is 5.92 Å². The third-order valence-electron chi connectivity index (χ3n) is 1.95. The maximum absolute atomic E-state index is 12.5. The summed E-state index contributed by atoms with van der Waals surface area (Å²) in [7, 11) is 1.22. The number of carbonyl (C=O) groups excluding carboxylic acids is 1. The summed E-state index contributed by atoms with van der Waals surface area (Å²) in [5.41, 5.74) is 0. The Bertz CT molecular complexity index is 151. The number of rotatable bonds is 1. The van der Waals surface area contributed by atoms with Gasteiger partial charge in [0.15, 0.2) is 0 Å². The molecule has 1 aliphatic carbocycles. The largest absolute Gasteiger partial charge is 0.469 e. The minimum Gasteiger partial charge on any atom is -0.469 e. The van der Waals surface area contributed by atoms with E-state index < -0.39 is 24.2 Å². The van der Waals surface area contributed by atoms with Crippen molar-refractivity contribution in [2.45, 2.75) is 25.2 Å². The van der Waals surface area contributed by atoms with Crippen molar-refractivity contribution >= 4 is 5.97 Å². The monoisotopic (exact) mass is 164 g/mol. The molecule has 1 aliphatic rings. The van der Waals surface area contributed by atoms with Gasteiger partial charge < -0.3 is 4.74 Å². The Kier molecular flexibility index (Phi) is 2.42. The van der Waals surface area contributed by atoms with Gasteiger partial charge in [0.1, 0.15) is 12.3 Å². The molecule has 0 aromatic carbocycles. The Morgan fingerprint density at radius 3 is 2.18 bits per heavy atom. The fourth-order valence-corrected chi connectivity index (χ4v) is 1.29. The van der Waals surface area contributed by atoms with Crippen LogP contribution in [0.15, 0.2) is 0 Å². The number of hydrogen-bond acceptors (Lipinski definition) is 2. The lowest BCUT2D eigenvalue weighted by Gasteiger charge is -2.03. The van der Waals surface area contributed by atoms with E-state index >= 15 is 0 Å². The van der Waals surface area contributed by atoms with Crippen molar-refractivity contribution in [2.24, 2.45) is 5.92 Å². The number of alkyl halides is 2. The van der Waals surface area contributed by atoms with Crippen molar-refractivity contribution in [1.29, 1.82) is 0 Å². The molecule has 0 aromatic heterocycles. The smallest absolute Gasteiger partial charge is 0.308 e. The molecule has 1 saturated carbocycles. The molecule has 4 heteroatoms. The SMILES string of the molecule is COC(=O)C1C[C@@H](F)[C@@H](F)C1. The first kappa shape index (κ1) is 8.43. The van der Waals surface area contributed by atoms with Gasteiger partial charge >= 0.3 is 5.97 Å². The highest BCUT2D eigenvalue weighted by Gasteiger charge is 2.38. The molecule has 0 aromatic rings. The van der Waals surface area contributed by atoms with E-state index in [-0.39, 0.29) is 12.8 Å². The normalized spacial score (nSPS) is 37.2. The molecule has 1 unspecified atom stereocenters. The van der Waals surface area contributed by atoms with Gasteiger partial charge in [-0.3, -0.25) is 4.79 Å². The lowest BCUT2D eigenvalue weighted by Crippen LogP contribution is -2.12. The molecular weight excluding hydrogens is 154 g/mol. The third-order valence-corrected chi connectivity index (χ3v) is 1.95. The summed E-state index contributed by atoms with van der Waals surface area (Å²) in [4.78, 5) is 10.7. The summed E-state index contributed by atoms with van der Waals surface area (Å²) in [6, 6.07) is 0. The quantitative estimate of drug-likeness (QED) is 0.545. The summed E-state index contributed by atoms with van der Waals surface area (Å²) >= 11 is 0. The Morgan fingerprint density at radius 1 is 1.36 bits per heavy atom. The van der Waals surface area contributed by atoms with E-state index in [1.54, 1.807) is 0 Å². The van der Waals surface area contributed by atoms with Crippen LogP contribution in [0.1, 0.15) is 12.8 Å². The Hall–Kier alpha value is -0.670. The van der Waals surface area contributed by atoms with Crippen molar-refractivity contribution < 1.29 is 18.3 Å². The Labute approximate surface area is 63.5 Å². The number of ether oxygens (including phenoxy) is 1. The molecule has 0 bridgehead atoms. The summed E-state index contributed by atoms with van der Waals surface area (Å²) in [5.74, 6) is -1.09. The minimum absolute atomic E-state index is 0.0339. The minimum atomic E-state index is -1.49. The number of esters is 1. The van der Waals surface area contributed by atoms with Crippen molar-refractivity contribution in [3.8, 4) is 0 Å². The van der Waals surface area contributed by atoms with Crippen molar-refractivity contribution in [3.05, 3.63) is 0 Å². The van der Waals surface area contributed by atoms with Crippen LogP contribution in [-0.2, 0) is 9.53 Å². The summed E-state index contributed by atoms with van der Waals surface area (Å²) in [6.45, 7) is 0. The topological polar surface area (TPSA) is 26.3 Å². The van der Waals surface area contributed by atoms with Gasteiger partial charge in [0.25, 0.3) is 0 Å². The molecule has 0 saturated heterocycles. The number of hydrogen-bond donors (Lipinski definition) is 0. The first-order chi connectivity index (χ1) is 5.15. The van der Waals surface area contributed by atoms with E-state index in [0.29, 0.717) is 0 Å². The summed E-state index contributed by atoms with van der Waals surface area (Å²) in [6.07, 6.45) is -3.04. The van der Waals surface area contributed by atoms with Crippen LogP contribution in [0.5, 0.6) is 0 Å². The molecule has 0 spiro atoms. The number of carbonyl (C=O) groups is 1. The molecule has 0 aliphatic heterocycles. The molecule has 0 radical (unpaired) electrons. The zero-order chi connectivity index (χ0) is 8.43. The predicted octanol–water partition coefficient (Wildman–Crippen LogP) is 1.25. The van der Waals surface area contributed by atoms with E-state index in [1.165, 1.54) is 7.11 Å². The second-order valence-corrected chi connectivity index (χ2v) is 2.72. The van der Waals surface area contributed by atoms with Crippen LogP contribution in [-0.4, -0.2) is 25.4 Å². The van der Waals surface area contributed by atoms with Crippen molar-refractivity contribution in [1.82, 2.24) is 0 Å². The fourth-order valence-electron chi connectivity index (χ4n) is 1.29. The number of halogens is 2. The highest BCUT2D eigenvalue weighted by Crippen LogP contribution is 2.31. The lowest BCUT2D eigenvalue weighted by atomic mass is 10.1. The van der Waals surface area contributed by atoms with Crippen molar-refractivity contribution in [2.75, 3.05) is 7.11 Å². The van der Waals surface area contributed by atoms with Gasteiger partial charge in [0, 0.05) is 0 Å². The first-order valence-corrected chi connectivity index (χ1v) is 3.51. The maximum Gasteiger partial charge on any atom is 0.308 e. The Morgan fingerprint density at radius 2 is 1.82 bits per heavy atom. The van der Waals surface area contributed by atoms with E-state index in [2.05, 4.69) is 4.74 Å². The van der Waals surface area contributed by atoms with Crippen LogP contribution in [0.3, 0.4) is 0 Å². The highest BCUT2D eigenvalue weighted by atomic mass is 19.2. The molecule has 0 amide bonds. The predicted molar refractivity (Wildman–Crippen MR) is 34.5 cm³/mol. The van der Waals surface area contributed by atoms with Crippen molar-refractivity contribution in [3.63, 3.8) is 0 Å². The van der Waals surface area contributed by atoms with Gasteiger partial charge in [-0.05, 0) is 12.8 Å². The fraction of sp³-hybridized carbons (Fsp3) is 0.857. The molecule has 1 rings (SSSR count). The van der Waals surface area contributed by atoms with Gasteiger partial charge in [-0.15, -0.1) is 0 Å². The average Bonchev–Trinajstić information content (AvgIpc) is 2.31. The molecule has 11 heavy (non-hydrogen) atoms. The van der Waals surface area contributed by atoms with E-state index in [0.717, 1.165) is 0 Å². The molecule has 3 atom stereocenters. The number of methoxy groups -OCH3 is 1. The zero-order valence-electron chi connectivity index (χ0n) is 6.22. The van der Waals surface area contributed by atoms with E-state index in [1.807, 2.05) is 0 Å². The first-order valence-electron chi connectivity index (χ1n) is 3.51. The third kappa shape index (κ3) is 1.67. The summed E-state index contributed by atoms with van der Waals surface area (Å²) in [5, 5.41) is 0. The van der Waals surface area contributed by atoms with Crippen LogP contribution in [0.2, 0.25) is 0 Å². The molecule has 2 nitrogen and oxygen atoms in total.